The first-order valence-corrected chi connectivity index (χ1v) is 19.1. The number of aryl methyl sites for hydroxylation is 1. The maximum Gasteiger partial charge on any atom is 0.0785 e. The van der Waals surface area contributed by atoms with Crippen LogP contribution in [0.5, 0.6) is 0 Å². The van der Waals surface area contributed by atoms with E-state index in [1.165, 1.54) is 32.1 Å². The number of nitrogens with zero attached hydrogens (tertiary/aromatic N) is 1. The molecule has 0 N–H and O–H groups in total. The fraction of sp³-hybridized carbons (Fsp3) is 0.0233. The number of hydrogen-bond donors (Lipinski definition) is 0. The second-order valence-electron chi connectivity index (χ2n) is 11.0. The van der Waals surface area contributed by atoms with E-state index in [1.54, 1.807) is 0 Å². The van der Waals surface area contributed by atoms with Crippen LogP contribution in [0.2, 0.25) is 0 Å². The molecule has 0 bridgehead atoms. The fourth-order valence-electron chi connectivity index (χ4n) is 5.77. The standard InChI is InChI=1S/C36H29NP2.C7H8/c1-6-18-31(19-7-1)38(32-20-8-2-9-21-32,33-22-10-3-11-23-33)30-39(34-24-12-4-13-25-34,35-26-14-5-15-27-35)36-28-16-17-29-37-36;1-7-5-3-2-4-6-7/h1-29H;2-6H,1H3. The zero-order valence-electron chi connectivity index (χ0n) is 26.0. The summed E-state index contributed by atoms with van der Waals surface area (Å²) >= 11 is 0. The van der Waals surface area contributed by atoms with Gasteiger partial charge >= 0.3 is 0 Å². The summed E-state index contributed by atoms with van der Waals surface area (Å²) in [4.78, 5) is 5.07. The van der Waals surface area contributed by atoms with Crippen molar-refractivity contribution in [1.82, 2.24) is 4.98 Å². The van der Waals surface area contributed by atoms with Gasteiger partial charge in [-0.1, -0.05) is 194 Å². The first-order valence-electron chi connectivity index (χ1n) is 15.5. The summed E-state index contributed by atoms with van der Waals surface area (Å²) in [7, 11) is 0. The van der Waals surface area contributed by atoms with Crippen LogP contribution >= 0.6 is 13.8 Å². The molecule has 0 aliphatic rings. The minimum atomic E-state index is -2.48. The van der Waals surface area contributed by atoms with Crippen molar-refractivity contribution in [2.45, 2.75) is 6.92 Å². The predicted molar refractivity (Wildman–Crippen MR) is 204 cm³/mol. The molecule has 3 heteroatoms. The molecule has 0 aliphatic heterocycles. The van der Waals surface area contributed by atoms with Crippen molar-refractivity contribution >= 4 is 50.9 Å². The summed E-state index contributed by atoms with van der Waals surface area (Å²) in [6.45, 7) is -2.81. The summed E-state index contributed by atoms with van der Waals surface area (Å²) in [6, 6.07) is 71.3. The first-order chi connectivity index (χ1) is 22.7. The first kappa shape index (κ1) is 31.1. The lowest BCUT2D eigenvalue weighted by Gasteiger charge is -2.31. The van der Waals surface area contributed by atoms with Crippen molar-refractivity contribution < 1.29 is 0 Å². The normalized spacial score (nSPS) is 11.1. The molecule has 0 saturated heterocycles. The third-order valence-electron chi connectivity index (χ3n) is 7.95. The predicted octanol–water partition coefficient (Wildman–Crippen LogP) is 8.00. The van der Waals surface area contributed by atoms with Crippen LogP contribution in [0.1, 0.15) is 5.56 Å². The lowest BCUT2D eigenvalue weighted by Crippen LogP contribution is -2.31. The van der Waals surface area contributed by atoms with Gasteiger partial charge in [0.15, 0.2) is 0 Å². The van der Waals surface area contributed by atoms with Crippen LogP contribution in [-0.2, 0) is 0 Å². The number of pyridine rings is 1. The third-order valence-corrected chi connectivity index (χ3v) is 16.7. The molecule has 1 heterocycles. The highest BCUT2D eigenvalue weighted by Crippen LogP contribution is 2.51. The van der Waals surface area contributed by atoms with Crippen LogP contribution in [0, 0.1) is 6.92 Å². The van der Waals surface area contributed by atoms with E-state index in [0.29, 0.717) is 0 Å². The van der Waals surface area contributed by atoms with Gasteiger partial charge in [-0.3, -0.25) is 4.98 Å². The van der Waals surface area contributed by atoms with Crippen molar-refractivity contribution in [3.05, 3.63) is 212 Å². The molecule has 0 unspecified atom stereocenters. The number of hydrogen-bond acceptors (Lipinski definition) is 1. The molecule has 0 aliphatic carbocycles. The molecule has 0 atom stereocenters. The molecule has 224 valence electrons. The van der Waals surface area contributed by atoms with Gasteiger partial charge in [0.25, 0.3) is 0 Å². The molecular formula is C43H37NP2. The zero-order chi connectivity index (χ0) is 31.5. The average Bonchev–Trinajstić information content (AvgIpc) is 3.15. The van der Waals surface area contributed by atoms with Gasteiger partial charge in [0.05, 0.1) is 5.44 Å². The Morgan fingerprint density at radius 2 is 0.652 bits per heavy atom. The Bertz CT molecular complexity index is 1720. The molecular weight excluding hydrogens is 592 g/mol. The monoisotopic (exact) mass is 629 g/mol. The van der Waals surface area contributed by atoms with E-state index >= 15 is 0 Å². The maximum atomic E-state index is 5.07. The number of rotatable bonds is 6. The van der Waals surface area contributed by atoms with E-state index < -0.39 is 13.8 Å². The summed E-state index contributed by atoms with van der Waals surface area (Å²) in [5, 5.41) is 10.9. The van der Waals surface area contributed by atoms with Crippen LogP contribution in [0.4, 0.5) is 0 Å². The Morgan fingerprint density at radius 1 is 0.348 bits per heavy atom. The van der Waals surface area contributed by atoms with Crippen LogP contribution in [-0.4, -0.2) is 10.2 Å². The van der Waals surface area contributed by atoms with Gasteiger partial charge in [0.2, 0.25) is 0 Å². The van der Waals surface area contributed by atoms with Gasteiger partial charge in [-0.05, 0) is 45.6 Å². The summed E-state index contributed by atoms with van der Waals surface area (Å²) in [6.07, 6.45) is 1.92. The van der Waals surface area contributed by atoms with E-state index in [2.05, 4.69) is 188 Å². The minimum absolute atomic E-state index is 1.06. The van der Waals surface area contributed by atoms with Gasteiger partial charge in [-0.2, -0.15) is 0 Å². The van der Waals surface area contributed by atoms with E-state index in [-0.39, 0.29) is 0 Å². The Kier molecular flexibility index (Phi) is 10.1. The zero-order valence-corrected chi connectivity index (χ0v) is 27.8. The van der Waals surface area contributed by atoms with Crippen LogP contribution in [0.15, 0.2) is 206 Å². The molecule has 0 amide bonds. The molecule has 0 spiro atoms. The Hall–Kier alpha value is -4.89. The van der Waals surface area contributed by atoms with Gasteiger partial charge in [0.1, 0.15) is 0 Å². The fourth-order valence-corrected chi connectivity index (χ4v) is 15.7. The third kappa shape index (κ3) is 6.55. The topological polar surface area (TPSA) is 12.9 Å². The van der Waals surface area contributed by atoms with Crippen LogP contribution < -0.4 is 32.0 Å². The van der Waals surface area contributed by atoms with Crippen LogP contribution in [0.25, 0.3) is 0 Å². The molecule has 1 aromatic heterocycles. The van der Waals surface area contributed by atoms with Crippen LogP contribution in [0.3, 0.4) is 0 Å². The summed E-state index contributed by atoms with van der Waals surface area (Å²) < 4.78 is 0. The minimum Gasteiger partial charge on any atom is -0.255 e. The molecule has 7 rings (SSSR count). The highest BCUT2D eigenvalue weighted by molar-refractivity contribution is 8.06. The SMILES string of the molecule is C(=P(c1ccccc1)(c1ccccc1)c1ccccc1)=P(c1ccccc1)(c1ccccc1)c1ccccn1.Cc1ccccc1. The molecule has 0 saturated carbocycles. The molecule has 0 fully saturated rings. The highest BCUT2D eigenvalue weighted by atomic mass is 31.2. The van der Waals surface area contributed by atoms with Crippen molar-refractivity contribution in [3.8, 4) is 0 Å². The number of aromatic nitrogens is 1. The van der Waals surface area contributed by atoms with Gasteiger partial charge in [-0.15, -0.1) is 5.17 Å². The molecule has 0 radical (unpaired) electrons. The van der Waals surface area contributed by atoms with E-state index in [1.807, 2.05) is 30.5 Å². The van der Waals surface area contributed by atoms with Gasteiger partial charge in [0, 0.05) is 20.0 Å². The lowest BCUT2D eigenvalue weighted by atomic mass is 10.2. The Morgan fingerprint density at radius 3 is 0.935 bits per heavy atom. The molecule has 6 aromatic carbocycles. The maximum absolute atomic E-state index is 5.07. The Balaban J connectivity index is 0.000000471. The average molecular weight is 630 g/mol. The number of benzene rings is 6. The van der Waals surface area contributed by atoms with Crippen molar-refractivity contribution in [1.29, 1.82) is 0 Å². The smallest absolute Gasteiger partial charge is 0.0785 e. The van der Waals surface area contributed by atoms with Gasteiger partial charge in [-0.25, -0.2) is 0 Å². The molecule has 7 aromatic rings. The van der Waals surface area contributed by atoms with Crippen molar-refractivity contribution in [2.75, 3.05) is 0 Å². The van der Waals surface area contributed by atoms with E-state index in [0.717, 1.165) is 5.44 Å². The largest absolute Gasteiger partial charge is 0.255 e. The quantitative estimate of drug-likeness (QED) is 0.170. The second-order valence-corrected chi connectivity index (χ2v) is 17.5. The highest BCUT2D eigenvalue weighted by Gasteiger charge is 2.32. The van der Waals surface area contributed by atoms with Gasteiger partial charge < -0.3 is 0 Å². The summed E-state index contributed by atoms with van der Waals surface area (Å²) in [5.41, 5.74) is 2.39. The van der Waals surface area contributed by atoms with E-state index in [4.69, 9.17) is 4.98 Å². The second kappa shape index (κ2) is 14.9. The summed E-state index contributed by atoms with van der Waals surface area (Å²) in [5.74, 6) is 0. The molecule has 1 nitrogen and oxygen atoms in total. The molecule has 46 heavy (non-hydrogen) atoms. The van der Waals surface area contributed by atoms with Crippen molar-refractivity contribution in [2.24, 2.45) is 0 Å². The van der Waals surface area contributed by atoms with E-state index in [9.17, 15) is 0 Å². The van der Waals surface area contributed by atoms with Crippen molar-refractivity contribution in [3.63, 3.8) is 0 Å². The Labute approximate surface area is 273 Å². The lowest BCUT2D eigenvalue weighted by molar-refractivity contribution is 1.39.